The Morgan fingerprint density at radius 3 is 2.50 bits per heavy atom. The molecule has 0 amide bonds. The third-order valence-corrected chi connectivity index (χ3v) is 4.30. The summed E-state index contributed by atoms with van der Waals surface area (Å²) in [5.41, 5.74) is 1.35. The molecule has 2 rings (SSSR count). The quantitative estimate of drug-likeness (QED) is 0.802. The fourth-order valence-electron chi connectivity index (χ4n) is 2.77. The van der Waals surface area contributed by atoms with Crippen molar-refractivity contribution in [2.45, 2.75) is 19.4 Å². The first-order valence-electron chi connectivity index (χ1n) is 7.46. The minimum Gasteiger partial charge on any atom is -0.379 e. The van der Waals surface area contributed by atoms with E-state index in [1.54, 1.807) is 0 Å². The van der Waals surface area contributed by atoms with Gasteiger partial charge in [-0.05, 0) is 31.2 Å². The van der Waals surface area contributed by atoms with Gasteiger partial charge in [0.1, 0.15) is 0 Å². The Morgan fingerprint density at radius 1 is 1.25 bits per heavy atom. The Morgan fingerprint density at radius 2 is 1.90 bits per heavy atom. The molecule has 0 spiro atoms. The van der Waals surface area contributed by atoms with Crippen molar-refractivity contribution >= 4 is 11.6 Å². The van der Waals surface area contributed by atoms with E-state index in [0.29, 0.717) is 6.04 Å². The number of halogens is 1. The van der Waals surface area contributed by atoms with Crippen LogP contribution in [0.25, 0.3) is 0 Å². The summed E-state index contributed by atoms with van der Waals surface area (Å²) in [6.07, 6.45) is 1.11. The highest BCUT2D eigenvalue weighted by molar-refractivity contribution is 6.30. The van der Waals surface area contributed by atoms with Crippen LogP contribution in [0.1, 0.15) is 24.9 Å². The van der Waals surface area contributed by atoms with Gasteiger partial charge in [0.05, 0.1) is 13.2 Å². The average Bonchev–Trinajstić information content (AvgIpc) is 2.49. The number of ether oxygens (including phenoxy) is 1. The van der Waals surface area contributed by atoms with Crippen molar-refractivity contribution in [3.8, 4) is 0 Å². The zero-order valence-electron chi connectivity index (χ0n) is 12.5. The number of benzene rings is 1. The van der Waals surface area contributed by atoms with Crippen molar-refractivity contribution in [2.24, 2.45) is 0 Å². The molecule has 1 heterocycles. The summed E-state index contributed by atoms with van der Waals surface area (Å²) in [7, 11) is 2.21. The van der Waals surface area contributed by atoms with E-state index in [1.807, 2.05) is 12.1 Å². The van der Waals surface area contributed by atoms with Gasteiger partial charge in [-0.1, -0.05) is 30.7 Å². The molecule has 20 heavy (non-hydrogen) atoms. The van der Waals surface area contributed by atoms with Gasteiger partial charge in [0.15, 0.2) is 0 Å². The van der Waals surface area contributed by atoms with Gasteiger partial charge in [-0.3, -0.25) is 9.80 Å². The van der Waals surface area contributed by atoms with Crippen LogP contribution < -0.4 is 0 Å². The fourth-order valence-corrected chi connectivity index (χ4v) is 2.89. The lowest BCUT2D eigenvalue weighted by atomic mass is 10.0. The maximum atomic E-state index is 5.97. The summed E-state index contributed by atoms with van der Waals surface area (Å²) in [5, 5.41) is 0.805. The monoisotopic (exact) mass is 296 g/mol. The Bertz CT molecular complexity index is 390. The number of nitrogens with zero attached hydrogens (tertiary/aromatic N) is 2. The standard InChI is InChI=1S/C16H25ClN2O/c1-3-16(14-4-6-15(17)7-5-14)18(2)8-9-19-10-12-20-13-11-19/h4-7,16H,3,8-13H2,1-2H3. The predicted octanol–water partition coefficient (Wildman–Crippen LogP) is 3.06. The van der Waals surface area contributed by atoms with E-state index in [-0.39, 0.29) is 0 Å². The van der Waals surface area contributed by atoms with Crippen LogP contribution in [-0.4, -0.2) is 56.2 Å². The summed E-state index contributed by atoms with van der Waals surface area (Å²) in [4.78, 5) is 4.92. The molecule has 0 saturated carbocycles. The number of hydrogen-bond acceptors (Lipinski definition) is 3. The molecule has 1 aliphatic rings. The Labute approximate surface area is 127 Å². The van der Waals surface area contributed by atoms with Crippen LogP contribution in [0.15, 0.2) is 24.3 Å². The van der Waals surface area contributed by atoms with Gasteiger partial charge in [-0.15, -0.1) is 0 Å². The summed E-state index contributed by atoms with van der Waals surface area (Å²) in [5.74, 6) is 0. The van der Waals surface area contributed by atoms with Crippen LogP contribution in [0.5, 0.6) is 0 Å². The SMILES string of the molecule is CCC(c1ccc(Cl)cc1)N(C)CCN1CCOCC1. The Hall–Kier alpha value is -0.610. The molecular formula is C16H25ClN2O. The van der Waals surface area contributed by atoms with Crippen LogP contribution >= 0.6 is 11.6 Å². The molecule has 1 fully saturated rings. The molecule has 1 saturated heterocycles. The van der Waals surface area contributed by atoms with Crippen molar-refractivity contribution in [3.63, 3.8) is 0 Å². The molecule has 1 aliphatic heterocycles. The number of morpholine rings is 1. The van der Waals surface area contributed by atoms with Gasteiger partial charge in [0.25, 0.3) is 0 Å². The van der Waals surface area contributed by atoms with Crippen molar-refractivity contribution in [3.05, 3.63) is 34.9 Å². The highest BCUT2D eigenvalue weighted by atomic mass is 35.5. The molecule has 1 aromatic carbocycles. The van der Waals surface area contributed by atoms with Crippen LogP contribution in [0.3, 0.4) is 0 Å². The van der Waals surface area contributed by atoms with Gasteiger partial charge in [-0.25, -0.2) is 0 Å². The summed E-state index contributed by atoms with van der Waals surface area (Å²) >= 11 is 5.97. The van der Waals surface area contributed by atoms with Gasteiger partial charge in [-0.2, -0.15) is 0 Å². The predicted molar refractivity (Wildman–Crippen MR) is 84.4 cm³/mol. The Balaban J connectivity index is 1.87. The molecule has 0 aliphatic carbocycles. The first-order valence-corrected chi connectivity index (χ1v) is 7.84. The van der Waals surface area contributed by atoms with E-state index in [9.17, 15) is 0 Å². The van der Waals surface area contributed by atoms with Gasteiger partial charge in [0.2, 0.25) is 0 Å². The number of hydrogen-bond donors (Lipinski definition) is 0. The zero-order valence-corrected chi connectivity index (χ0v) is 13.3. The van der Waals surface area contributed by atoms with Gasteiger partial charge in [0, 0.05) is 37.2 Å². The molecular weight excluding hydrogens is 272 g/mol. The largest absolute Gasteiger partial charge is 0.379 e. The third-order valence-electron chi connectivity index (χ3n) is 4.05. The summed E-state index contributed by atoms with van der Waals surface area (Å²) in [6, 6.07) is 8.71. The second-order valence-electron chi connectivity index (χ2n) is 5.41. The lowest BCUT2D eigenvalue weighted by molar-refractivity contribution is 0.0324. The average molecular weight is 297 g/mol. The minimum absolute atomic E-state index is 0.466. The summed E-state index contributed by atoms with van der Waals surface area (Å²) in [6.45, 7) is 8.31. The highest BCUT2D eigenvalue weighted by Gasteiger charge is 2.17. The molecule has 112 valence electrons. The van der Waals surface area contributed by atoms with Crippen LogP contribution in [0.2, 0.25) is 5.02 Å². The maximum Gasteiger partial charge on any atom is 0.0594 e. The highest BCUT2D eigenvalue weighted by Crippen LogP contribution is 2.24. The first kappa shape index (κ1) is 15.8. The van der Waals surface area contributed by atoms with Crippen LogP contribution in [0.4, 0.5) is 0 Å². The first-order chi connectivity index (χ1) is 9.70. The smallest absolute Gasteiger partial charge is 0.0594 e. The topological polar surface area (TPSA) is 15.7 Å². The Kier molecular flexibility index (Phi) is 6.30. The molecule has 0 aromatic heterocycles. The van der Waals surface area contributed by atoms with Crippen LogP contribution in [0, 0.1) is 0 Å². The lowest BCUT2D eigenvalue weighted by Crippen LogP contribution is -2.41. The second-order valence-corrected chi connectivity index (χ2v) is 5.85. The van der Waals surface area contributed by atoms with Crippen molar-refractivity contribution in [2.75, 3.05) is 46.4 Å². The van der Waals surface area contributed by atoms with E-state index in [0.717, 1.165) is 50.8 Å². The van der Waals surface area contributed by atoms with Crippen molar-refractivity contribution in [1.29, 1.82) is 0 Å². The molecule has 3 nitrogen and oxygen atoms in total. The summed E-state index contributed by atoms with van der Waals surface area (Å²) < 4.78 is 5.39. The molecule has 1 unspecified atom stereocenters. The maximum absolute atomic E-state index is 5.97. The minimum atomic E-state index is 0.466. The third kappa shape index (κ3) is 4.45. The molecule has 0 bridgehead atoms. The molecule has 1 aromatic rings. The van der Waals surface area contributed by atoms with Gasteiger partial charge < -0.3 is 4.74 Å². The second kappa shape index (κ2) is 7.99. The molecule has 1 atom stereocenters. The molecule has 0 N–H and O–H groups in total. The lowest BCUT2D eigenvalue weighted by Gasteiger charge is -2.32. The van der Waals surface area contributed by atoms with E-state index in [2.05, 4.69) is 35.9 Å². The van der Waals surface area contributed by atoms with E-state index in [4.69, 9.17) is 16.3 Å². The van der Waals surface area contributed by atoms with E-state index < -0.39 is 0 Å². The number of rotatable bonds is 6. The number of likely N-dealkylation sites (N-methyl/N-ethyl adjacent to an activating group) is 1. The van der Waals surface area contributed by atoms with Crippen molar-refractivity contribution < 1.29 is 4.74 Å². The molecule has 0 radical (unpaired) electrons. The normalized spacial score (nSPS) is 18.4. The molecule has 4 heteroatoms. The fraction of sp³-hybridized carbons (Fsp3) is 0.625. The van der Waals surface area contributed by atoms with E-state index >= 15 is 0 Å². The van der Waals surface area contributed by atoms with E-state index in [1.165, 1.54) is 5.56 Å². The van der Waals surface area contributed by atoms with Crippen LogP contribution in [-0.2, 0) is 4.74 Å². The van der Waals surface area contributed by atoms with Crippen molar-refractivity contribution in [1.82, 2.24) is 9.80 Å². The van der Waals surface area contributed by atoms with Gasteiger partial charge >= 0.3 is 0 Å². The zero-order chi connectivity index (χ0) is 14.4.